The van der Waals surface area contributed by atoms with E-state index in [-0.39, 0.29) is 42.2 Å². The fraction of sp³-hybridized carbons (Fsp3) is 0.333. The molecule has 0 bridgehead atoms. The Morgan fingerprint density at radius 3 is 2.52 bits per heavy atom. The molecule has 0 saturated heterocycles. The first-order chi connectivity index (χ1) is 14.6. The first kappa shape index (κ1) is 24.5. The molecular formula is C21H23F3N2O4S. The van der Waals surface area contributed by atoms with Crippen molar-refractivity contribution in [1.82, 2.24) is 5.32 Å². The van der Waals surface area contributed by atoms with E-state index in [9.17, 15) is 27.9 Å². The third-order valence-electron chi connectivity index (χ3n) is 3.91. The summed E-state index contributed by atoms with van der Waals surface area (Å²) in [6, 6.07) is 11.6. The zero-order chi connectivity index (χ0) is 22.9. The first-order valence-corrected chi connectivity index (χ1v) is 10.5. The summed E-state index contributed by atoms with van der Waals surface area (Å²) in [7, 11) is 0. The Kier molecular flexibility index (Phi) is 9.20. The van der Waals surface area contributed by atoms with Gasteiger partial charge in [-0.25, -0.2) is 0 Å². The Balaban J connectivity index is 1.63. The van der Waals surface area contributed by atoms with Crippen molar-refractivity contribution >= 4 is 29.3 Å². The van der Waals surface area contributed by atoms with Crippen molar-refractivity contribution in [3.05, 3.63) is 59.7 Å². The molecule has 1 atom stereocenters. The highest BCUT2D eigenvalue weighted by Crippen LogP contribution is 2.31. The van der Waals surface area contributed by atoms with E-state index in [0.29, 0.717) is 5.69 Å². The maximum atomic E-state index is 12.7. The average molecular weight is 456 g/mol. The number of anilines is 1. The van der Waals surface area contributed by atoms with Gasteiger partial charge in [0.1, 0.15) is 18.5 Å². The van der Waals surface area contributed by atoms with Gasteiger partial charge in [-0.05, 0) is 42.8 Å². The minimum Gasteiger partial charge on any atom is -0.491 e. The van der Waals surface area contributed by atoms with Crippen LogP contribution in [0.5, 0.6) is 5.75 Å². The molecule has 0 spiro atoms. The number of carbonyl (C=O) groups excluding carboxylic acids is 2. The summed E-state index contributed by atoms with van der Waals surface area (Å²) in [4.78, 5) is 23.7. The van der Waals surface area contributed by atoms with Crippen LogP contribution in [0.4, 0.5) is 18.9 Å². The van der Waals surface area contributed by atoms with Gasteiger partial charge in [0, 0.05) is 12.2 Å². The summed E-state index contributed by atoms with van der Waals surface area (Å²) in [5.74, 6) is -0.551. The van der Waals surface area contributed by atoms with Crippen molar-refractivity contribution in [2.45, 2.75) is 19.2 Å². The van der Waals surface area contributed by atoms with Crippen molar-refractivity contribution in [2.24, 2.45) is 0 Å². The lowest BCUT2D eigenvalue weighted by Crippen LogP contribution is -2.36. The lowest BCUT2D eigenvalue weighted by atomic mass is 10.2. The second-order valence-corrected chi connectivity index (χ2v) is 7.69. The number of benzene rings is 2. The van der Waals surface area contributed by atoms with E-state index in [0.717, 1.165) is 29.5 Å². The second kappa shape index (κ2) is 11.6. The van der Waals surface area contributed by atoms with Crippen LogP contribution in [0.1, 0.15) is 11.1 Å². The highest BCUT2D eigenvalue weighted by Gasteiger charge is 2.30. The number of hydrogen-bond donors (Lipinski definition) is 3. The third-order valence-corrected chi connectivity index (χ3v) is 4.84. The molecule has 10 heteroatoms. The summed E-state index contributed by atoms with van der Waals surface area (Å²) in [6.07, 6.45) is -5.59. The number of hydrogen-bond acceptors (Lipinski definition) is 5. The summed E-state index contributed by atoms with van der Waals surface area (Å²) in [5, 5.41) is 15.1. The molecular weight excluding hydrogens is 433 g/mol. The van der Waals surface area contributed by atoms with Crippen LogP contribution >= 0.6 is 11.8 Å². The number of aliphatic hydroxyl groups excluding tert-OH is 1. The summed E-state index contributed by atoms with van der Waals surface area (Å²) in [6.45, 7) is 1.50. The molecule has 0 aliphatic heterocycles. The Hall–Kier alpha value is -2.72. The monoisotopic (exact) mass is 456 g/mol. The molecule has 3 N–H and O–H groups in total. The SMILES string of the molecule is Cc1cccc(NC(=O)CSCC(=O)NCC(O)COc2cccc(C(F)(F)F)c2)c1. The maximum Gasteiger partial charge on any atom is 0.416 e. The second-order valence-electron chi connectivity index (χ2n) is 6.70. The molecule has 2 aromatic rings. The van der Waals surface area contributed by atoms with E-state index < -0.39 is 17.8 Å². The van der Waals surface area contributed by atoms with E-state index >= 15 is 0 Å². The van der Waals surface area contributed by atoms with Gasteiger partial charge in [0.05, 0.1) is 17.1 Å². The Morgan fingerprint density at radius 2 is 1.81 bits per heavy atom. The molecule has 168 valence electrons. The fourth-order valence-corrected chi connectivity index (χ4v) is 3.10. The van der Waals surface area contributed by atoms with Crippen molar-refractivity contribution in [1.29, 1.82) is 0 Å². The van der Waals surface area contributed by atoms with Gasteiger partial charge in [-0.15, -0.1) is 11.8 Å². The van der Waals surface area contributed by atoms with Crippen LogP contribution in [0, 0.1) is 6.92 Å². The number of carbonyl (C=O) groups is 2. The van der Waals surface area contributed by atoms with E-state index in [1.165, 1.54) is 12.1 Å². The lowest BCUT2D eigenvalue weighted by Gasteiger charge is -2.14. The van der Waals surface area contributed by atoms with Crippen LogP contribution in [0.3, 0.4) is 0 Å². The number of rotatable bonds is 10. The van der Waals surface area contributed by atoms with Crippen LogP contribution in [0.25, 0.3) is 0 Å². The standard InChI is InChI=1S/C21H23F3N2O4S/c1-14-4-2-6-16(8-14)26-20(29)13-31-12-19(28)25-10-17(27)11-30-18-7-3-5-15(9-18)21(22,23)24/h2-9,17,27H,10-13H2,1H3,(H,25,28)(H,26,29). The number of aliphatic hydroxyl groups is 1. The van der Waals surface area contributed by atoms with E-state index in [1.54, 1.807) is 6.07 Å². The molecule has 0 fully saturated rings. The van der Waals surface area contributed by atoms with Crippen LogP contribution < -0.4 is 15.4 Å². The molecule has 0 aliphatic rings. The Labute approximate surface area is 182 Å². The van der Waals surface area contributed by atoms with Gasteiger partial charge in [-0.1, -0.05) is 18.2 Å². The quantitative estimate of drug-likeness (QED) is 0.511. The number of aryl methyl sites for hydroxylation is 1. The number of halogens is 3. The predicted molar refractivity (Wildman–Crippen MR) is 113 cm³/mol. The summed E-state index contributed by atoms with van der Waals surface area (Å²) < 4.78 is 43.2. The molecule has 6 nitrogen and oxygen atoms in total. The van der Waals surface area contributed by atoms with Crippen molar-refractivity contribution < 1.29 is 32.6 Å². The molecule has 1 unspecified atom stereocenters. The fourth-order valence-electron chi connectivity index (χ4n) is 2.45. The minimum atomic E-state index is -4.49. The third kappa shape index (κ3) is 9.31. The van der Waals surface area contributed by atoms with Crippen molar-refractivity contribution in [3.8, 4) is 5.75 Å². The number of amides is 2. The Bertz CT molecular complexity index is 893. The molecule has 2 aromatic carbocycles. The van der Waals surface area contributed by atoms with Crippen LogP contribution in [-0.4, -0.2) is 47.7 Å². The highest BCUT2D eigenvalue weighted by molar-refractivity contribution is 8.00. The van der Waals surface area contributed by atoms with Gasteiger partial charge in [0.15, 0.2) is 0 Å². The van der Waals surface area contributed by atoms with Crippen molar-refractivity contribution in [2.75, 3.05) is 30.0 Å². The molecule has 0 aromatic heterocycles. The molecule has 0 saturated carbocycles. The molecule has 0 heterocycles. The topological polar surface area (TPSA) is 87.7 Å². The predicted octanol–water partition coefficient (Wildman–Crippen LogP) is 3.24. The van der Waals surface area contributed by atoms with Gasteiger partial charge >= 0.3 is 6.18 Å². The molecule has 2 rings (SSSR count). The lowest BCUT2D eigenvalue weighted by molar-refractivity contribution is -0.137. The van der Waals surface area contributed by atoms with E-state index in [4.69, 9.17) is 4.74 Å². The number of ether oxygens (including phenoxy) is 1. The molecule has 0 radical (unpaired) electrons. The number of nitrogens with one attached hydrogen (secondary N) is 2. The largest absolute Gasteiger partial charge is 0.491 e. The smallest absolute Gasteiger partial charge is 0.416 e. The Morgan fingerprint density at radius 1 is 1.10 bits per heavy atom. The van der Waals surface area contributed by atoms with Gasteiger partial charge in [-0.2, -0.15) is 13.2 Å². The zero-order valence-corrected chi connectivity index (χ0v) is 17.6. The van der Waals surface area contributed by atoms with E-state index in [2.05, 4.69) is 10.6 Å². The molecule has 2 amide bonds. The van der Waals surface area contributed by atoms with Gasteiger partial charge in [0.25, 0.3) is 0 Å². The maximum absolute atomic E-state index is 12.7. The number of alkyl halides is 3. The summed E-state index contributed by atoms with van der Waals surface area (Å²) >= 11 is 1.12. The molecule has 31 heavy (non-hydrogen) atoms. The first-order valence-electron chi connectivity index (χ1n) is 9.32. The number of thioether (sulfide) groups is 1. The molecule has 0 aliphatic carbocycles. The normalized spacial score (nSPS) is 12.2. The van der Waals surface area contributed by atoms with Crippen LogP contribution in [0.2, 0.25) is 0 Å². The average Bonchev–Trinajstić information content (AvgIpc) is 2.70. The highest BCUT2D eigenvalue weighted by atomic mass is 32.2. The van der Waals surface area contributed by atoms with E-state index in [1.807, 2.05) is 25.1 Å². The van der Waals surface area contributed by atoms with Gasteiger partial charge < -0.3 is 20.5 Å². The van der Waals surface area contributed by atoms with Gasteiger partial charge in [0.2, 0.25) is 11.8 Å². The van der Waals surface area contributed by atoms with Gasteiger partial charge in [-0.3, -0.25) is 9.59 Å². The zero-order valence-electron chi connectivity index (χ0n) is 16.7. The van der Waals surface area contributed by atoms with Crippen molar-refractivity contribution in [3.63, 3.8) is 0 Å². The van der Waals surface area contributed by atoms with Crippen LogP contribution in [-0.2, 0) is 15.8 Å². The minimum absolute atomic E-state index is 0.0163. The summed E-state index contributed by atoms with van der Waals surface area (Å²) in [5.41, 5.74) is 0.843. The van der Waals surface area contributed by atoms with Crippen LogP contribution in [0.15, 0.2) is 48.5 Å².